The molecule has 152 valence electrons. The predicted molar refractivity (Wildman–Crippen MR) is 95.2 cm³/mol. The van der Waals surface area contributed by atoms with E-state index in [1.165, 1.54) is 10.9 Å². The van der Waals surface area contributed by atoms with Crippen LogP contribution in [-0.4, -0.2) is 55.3 Å². The molecule has 5 unspecified atom stereocenters. The first-order chi connectivity index (χ1) is 13.3. The molecule has 0 spiro atoms. The molecule has 0 aromatic carbocycles. The molecular weight excluding hydrogens is 463 g/mol. The van der Waals surface area contributed by atoms with Crippen LogP contribution >= 0.6 is 23.8 Å². The average Bonchev–Trinajstić information content (AvgIpc) is 3.12. The van der Waals surface area contributed by atoms with E-state index >= 15 is 0 Å². The van der Waals surface area contributed by atoms with Gasteiger partial charge in [0, 0.05) is 6.42 Å². The van der Waals surface area contributed by atoms with Gasteiger partial charge in [0.1, 0.15) is 12.2 Å². The maximum Gasteiger partial charge on any atom is 0.472 e. The zero-order chi connectivity index (χ0) is 20.1. The Hall–Kier alpha value is -1.63. The highest BCUT2D eigenvalue weighted by Crippen LogP contribution is 2.53. The predicted octanol–water partition coefficient (Wildman–Crippen LogP) is 1.01. The number of carbonyl (C=O) groups is 1. The monoisotopic (exact) mass is 478 g/mol. The van der Waals surface area contributed by atoms with Gasteiger partial charge in [0.15, 0.2) is 28.2 Å². The van der Waals surface area contributed by atoms with Gasteiger partial charge in [0.25, 0.3) is 5.56 Å². The second-order valence-electron chi connectivity index (χ2n) is 6.26. The van der Waals surface area contributed by atoms with Crippen LogP contribution in [0.1, 0.15) is 26.0 Å². The van der Waals surface area contributed by atoms with E-state index in [2.05, 4.69) is 30.9 Å². The van der Waals surface area contributed by atoms with Gasteiger partial charge in [-0.3, -0.25) is 23.2 Å². The Labute approximate surface area is 165 Å². The van der Waals surface area contributed by atoms with Gasteiger partial charge in [-0.05, 0) is 22.4 Å². The van der Waals surface area contributed by atoms with Crippen LogP contribution in [0.5, 0.6) is 0 Å². The van der Waals surface area contributed by atoms with E-state index in [1.54, 1.807) is 0 Å². The molecule has 2 N–H and O–H groups in total. The fraction of sp³-hybridized carbons (Fsp3) is 0.571. The van der Waals surface area contributed by atoms with Crippen molar-refractivity contribution in [2.24, 2.45) is 0 Å². The number of carbonyl (C=O) groups excluding carboxylic acids is 1. The summed E-state index contributed by atoms with van der Waals surface area (Å²) in [6.07, 6.45) is -1.99. The molecule has 0 bridgehead atoms. The summed E-state index contributed by atoms with van der Waals surface area (Å²) in [4.78, 5) is 44.5. The van der Waals surface area contributed by atoms with Crippen molar-refractivity contribution in [1.82, 2.24) is 19.5 Å². The maximum absolute atomic E-state index is 12.1. The summed E-state index contributed by atoms with van der Waals surface area (Å²) in [7, 11) is -4.30. The zero-order valence-corrected chi connectivity index (χ0v) is 17.0. The lowest BCUT2D eigenvalue weighted by atomic mass is 10.1. The van der Waals surface area contributed by atoms with Crippen molar-refractivity contribution in [3.05, 3.63) is 21.4 Å². The molecule has 2 aromatic rings. The lowest BCUT2D eigenvalue weighted by Crippen LogP contribution is -2.41. The van der Waals surface area contributed by atoms with Crippen LogP contribution in [-0.2, 0) is 27.9 Å². The van der Waals surface area contributed by atoms with Crippen molar-refractivity contribution >= 4 is 40.9 Å². The molecule has 12 nitrogen and oxygen atoms in total. The molecule has 2 aliphatic heterocycles. The Balaban J connectivity index is 1.77. The topological polar surface area (TPSA) is 155 Å². The lowest BCUT2D eigenvalue weighted by Gasteiger charge is -2.29. The number of nitrogens with zero attached hydrogens (tertiary/aromatic N) is 3. The quantitative estimate of drug-likeness (QED) is 0.369. The maximum atomic E-state index is 12.1. The highest BCUT2D eigenvalue weighted by molar-refractivity contribution is 9.10. The Morgan fingerprint density at radius 2 is 2.36 bits per heavy atom. The molecule has 0 saturated carbocycles. The second-order valence-corrected chi connectivity index (χ2v) is 8.37. The molecule has 0 aliphatic carbocycles. The van der Waals surface area contributed by atoms with Gasteiger partial charge < -0.3 is 19.4 Å². The summed E-state index contributed by atoms with van der Waals surface area (Å²) in [5.74, 6) is -0.518. The third-order valence-electron chi connectivity index (χ3n) is 4.36. The van der Waals surface area contributed by atoms with Crippen LogP contribution in [0.3, 0.4) is 0 Å². The minimum Gasteiger partial charge on any atom is -0.455 e. The zero-order valence-electron chi connectivity index (χ0n) is 14.5. The van der Waals surface area contributed by atoms with Gasteiger partial charge in [-0.25, -0.2) is 14.5 Å². The third-order valence-corrected chi connectivity index (χ3v) is 5.90. The summed E-state index contributed by atoms with van der Waals surface area (Å²) in [5.41, 5.74) is -0.223. The van der Waals surface area contributed by atoms with E-state index in [0.717, 1.165) is 0 Å². The van der Waals surface area contributed by atoms with Crippen LogP contribution in [0.25, 0.3) is 11.2 Å². The Kier molecular flexibility index (Phi) is 5.14. The summed E-state index contributed by atoms with van der Waals surface area (Å²) < 4.78 is 34.9. The highest BCUT2D eigenvalue weighted by Gasteiger charge is 2.55. The molecule has 5 atom stereocenters. The Bertz CT molecular complexity index is 1020. The Morgan fingerprint density at radius 3 is 3.11 bits per heavy atom. The van der Waals surface area contributed by atoms with E-state index in [0.29, 0.717) is 6.42 Å². The first-order valence-corrected chi connectivity index (χ1v) is 10.7. The first kappa shape index (κ1) is 19.7. The molecule has 2 aromatic heterocycles. The number of fused-ring (bicyclic) bond motifs is 2. The van der Waals surface area contributed by atoms with Crippen molar-refractivity contribution in [2.75, 3.05) is 6.61 Å². The van der Waals surface area contributed by atoms with Crippen molar-refractivity contribution in [3.8, 4) is 0 Å². The number of esters is 1. The fourth-order valence-corrected chi connectivity index (χ4v) is 4.70. The molecule has 0 radical (unpaired) electrons. The van der Waals surface area contributed by atoms with E-state index < -0.39 is 43.9 Å². The third kappa shape index (κ3) is 3.42. The lowest BCUT2D eigenvalue weighted by molar-refractivity contribution is -0.158. The number of ether oxygens (including phenoxy) is 2. The Morgan fingerprint density at radius 1 is 1.57 bits per heavy atom. The van der Waals surface area contributed by atoms with Crippen molar-refractivity contribution < 1.29 is 32.8 Å². The summed E-state index contributed by atoms with van der Waals surface area (Å²) >= 11 is 3.26. The average molecular weight is 479 g/mol. The SMILES string of the molecule is CCCC(=O)OC1C2OP(=O)(O)OCC2OC1n1c(Br)nc2c(=O)[nH]cnc21. The van der Waals surface area contributed by atoms with Gasteiger partial charge in [-0.15, -0.1) is 0 Å². The van der Waals surface area contributed by atoms with Gasteiger partial charge in [0.2, 0.25) is 0 Å². The molecule has 4 rings (SSSR count). The summed E-state index contributed by atoms with van der Waals surface area (Å²) in [5, 5.41) is 0. The molecule has 4 heterocycles. The van der Waals surface area contributed by atoms with Crippen LogP contribution in [0, 0.1) is 0 Å². The summed E-state index contributed by atoms with van der Waals surface area (Å²) in [6, 6.07) is 0. The van der Waals surface area contributed by atoms with E-state index in [9.17, 15) is 19.0 Å². The van der Waals surface area contributed by atoms with Crippen LogP contribution in [0.4, 0.5) is 0 Å². The van der Waals surface area contributed by atoms with E-state index in [1.807, 2.05) is 6.92 Å². The smallest absolute Gasteiger partial charge is 0.455 e. The molecule has 2 fully saturated rings. The van der Waals surface area contributed by atoms with Crippen molar-refractivity contribution in [2.45, 2.75) is 44.3 Å². The largest absolute Gasteiger partial charge is 0.472 e. The first-order valence-electron chi connectivity index (χ1n) is 8.42. The molecule has 28 heavy (non-hydrogen) atoms. The van der Waals surface area contributed by atoms with Gasteiger partial charge >= 0.3 is 13.8 Å². The van der Waals surface area contributed by atoms with Crippen molar-refractivity contribution in [3.63, 3.8) is 0 Å². The molecule has 2 saturated heterocycles. The number of aromatic amines is 1. The van der Waals surface area contributed by atoms with E-state index in [4.69, 9.17) is 18.5 Å². The molecular formula is C14H16BrN4O8P. The number of H-pyrrole nitrogens is 1. The highest BCUT2D eigenvalue weighted by atomic mass is 79.9. The van der Waals surface area contributed by atoms with Crippen LogP contribution in [0.2, 0.25) is 0 Å². The molecule has 0 amide bonds. The van der Waals surface area contributed by atoms with Crippen LogP contribution in [0.15, 0.2) is 15.9 Å². The molecule has 14 heteroatoms. The van der Waals surface area contributed by atoms with Crippen molar-refractivity contribution in [1.29, 1.82) is 0 Å². The summed E-state index contributed by atoms with van der Waals surface area (Å²) in [6.45, 7) is 1.59. The van der Waals surface area contributed by atoms with Gasteiger partial charge in [-0.2, -0.15) is 0 Å². The van der Waals surface area contributed by atoms with Gasteiger partial charge in [0.05, 0.1) is 12.9 Å². The number of rotatable bonds is 4. The number of nitrogens with one attached hydrogen (secondary N) is 1. The minimum absolute atomic E-state index is 0.0523. The number of hydrogen-bond donors (Lipinski definition) is 2. The number of hydrogen-bond acceptors (Lipinski definition) is 9. The molecule has 2 aliphatic rings. The number of phosphoric acid groups is 1. The number of imidazole rings is 1. The van der Waals surface area contributed by atoms with Gasteiger partial charge in [-0.1, -0.05) is 6.92 Å². The second kappa shape index (κ2) is 7.32. The number of aromatic nitrogens is 4. The number of phosphoric ester groups is 1. The van der Waals surface area contributed by atoms with E-state index in [-0.39, 0.29) is 28.9 Å². The normalized spacial score (nSPS) is 32.4. The fourth-order valence-electron chi connectivity index (χ4n) is 3.19. The minimum atomic E-state index is -4.30. The number of halogens is 1. The standard InChI is InChI=1S/C14H16BrN4O8P/c1-2-3-7(20)26-10-9-6(4-24-28(22,23)27-9)25-13(10)19-11-8(18-14(19)15)12(21)17-5-16-11/h5-6,9-10,13H,2-4H2,1H3,(H,22,23)(H,16,17,21). The van der Waals surface area contributed by atoms with Crippen LogP contribution < -0.4 is 5.56 Å².